The summed E-state index contributed by atoms with van der Waals surface area (Å²) in [7, 11) is 0. The molecule has 1 aliphatic heterocycles. The van der Waals surface area contributed by atoms with Crippen LogP contribution in [0, 0.1) is 0 Å². The van der Waals surface area contributed by atoms with E-state index in [2.05, 4.69) is 0 Å². The van der Waals surface area contributed by atoms with Crippen molar-refractivity contribution in [3.8, 4) is 0 Å². The van der Waals surface area contributed by atoms with E-state index >= 15 is 0 Å². The second-order valence-corrected chi connectivity index (χ2v) is 4.77. The number of amides is 1. The van der Waals surface area contributed by atoms with E-state index in [1.54, 1.807) is 4.90 Å². The van der Waals surface area contributed by atoms with Crippen LogP contribution in [0.15, 0.2) is 24.3 Å². The van der Waals surface area contributed by atoms with Gasteiger partial charge in [-0.05, 0) is 24.3 Å². The normalized spacial score (nSPS) is 16.4. The predicted molar refractivity (Wildman–Crippen MR) is 70.5 cm³/mol. The number of hydrogen-bond donors (Lipinski definition) is 0. The number of rotatable bonds is 2. The van der Waals surface area contributed by atoms with Gasteiger partial charge in [-0.3, -0.25) is 4.79 Å². The number of alkyl halides is 3. The lowest BCUT2D eigenvalue weighted by Crippen LogP contribution is -2.48. The molecule has 1 heterocycles. The Morgan fingerprint density at radius 2 is 1.65 bits per heavy atom. The Kier molecular flexibility index (Phi) is 4.20. The van der Waals surface area contributed by atoms with Gasteiger partial charge in [0.2, 0.25) is 5.91 Å². The van der Waals surface area contributed by atoms with Gasteiger partial charge in [0.05, 0.1) is 5.56 Å². The maximum atomic E-state index is 12.5. The number of anilines is 1. The topological polar surface area (TPSA) is 23.6 Å². The molecule has 0 aliphatic carbocycles. The third kappa shape index (κ3) is 3.23. The smallest absolute Gasteiger partial charge is 0.368 e. The van der Waals surface area contributed by atoms with Gasteiger partial charge in [-0.1, -0.05) is 6.92 Å². The van der Waals surface area contributed by atoms with Crippen molar-refractivity contribution in [3.05, 3.63) is 29.8 Å². The van der Waals surface area contributed by atoms with Crippen LogP contribution in [0.3, 0.4) is 0 Å². The first kappa shape index (κ1) is 14.7. The first-order valence-electron chi connectivity index (χ1n) is 6.62. The van der Waals surface area contributed by atoms with Crippen molar-refractivity contribution >= 4 is 11.6 Å². The minimum atomic E-state index is -4.30. The number of piperazine rings is 1. The Hall–Kier alpha value is -1.72. The lowest BCUT2D eigenvalue weighted by Gasteiger charge is -2.36. The summed E-state index contributed by atoms with van der Waals surface area (Å²) < 4.78 is 37.4. The highest BCUT2D eigenvalue weighted by atomic mass is 19.4. The quantitative estimate of drug-likeness (QED) is 0.834. The zero-order valence-electron chi connectivity index (χ0n) is 11.3. The highest BCUT2D eigenvalue weighted by molar-refractivity contribution is 5.76. The molecule has 0 spiro atoms. The Morgan fingerprint density at radius 1 is 1.10 bits per heavy atom. The molecule has 20 heavy (non-hydrogen) atoms. The molecule has 6 heteroatoms. The molecular formula is C14H17F3N2O. The van der Waals surface area contributed by atoms with Crippen molar-refractivity contribution in [1.29, 1.82) is 0 Å². The lowest BCUT2D eigenvalue weighted by molar-refractivity contribution is -0.137. The van der Waals surface area contributed by atoms with Crippen LogP contribution in [0.4, 0.5) is 18.9 Å². The number of carbonyl (C=O) groups excluding carboxylic acids is 1. The average molecular weight is 286 g/mol. The molecule has 2 rings (SSSR count). The van der Waals surface area contributed by atoms with Gasteiger partial charge in [0, 0.05) is 38.3 Å². The number of hydrogen-bond acceptors (Lipinski definition) is 2. The second kappa shape index (κ2) is 5.73. The number of nitrogens with zero attached hydrogens (tertiary/aromatic N) is 2. The van der Waals surface area contributed by atoms with Crippen molar-refractivity contribution in [1.82, 2.24) is 4.90 Å². The molecule has 0 atom stereocenters. The SMILES string of the molecule is CCC(=O)N1CCN(c2ccc(C(F)(F)F)cc2)CC1. The highest BCUT2D eigenvalue weighted by Gasteiger charge is 2.30. The average Bonchev–Trinajstić information content (AvgIpc) is 2.46. The highest BCUT2D eigenvalue weighted by Crippen LogP contribution is 2.30. The summed E-state index contributed by atoms with van der Waals surface area (Å²) in [6.45, 7) is 4.36. The van der Waals surface area contributed by atoms with E-state index in [0.717, 1.165) is 17.8 Å². The van der Waals surface area contributed by atoms with Crippen molar-refractivity contribution in [2.24, 2.45) is 0 Å². The summed E-state index contributed by atoms with van der Waals surface area (Å²) in [5.74, 6) is 0.122. The van der Waals surface area contributed by atoms with E-state index in [4.69, 9.17) is 0 Å². The van der Waals surface area contributed by atoms with Crippen molar-refractivity contribution in [2.45, 2.75) is 19.5 Å². The van der Waals surface area contributed by atoms with Gasteiger partial charge in [0.1, 0.15) is 0 Å². The van der Waals surface area contributed by atoms with E-state index in [0.29, 0.717) is 32.6 Å². The van der Waals surface area contributed by atoms with Crippen LogP contribution in [0.25, 0.3) is 0 Å². The molecule has 0 saturated carbocycles. The zero-order valence-corrected chi connectivity index (χ0v) is 11.3. The molecule has 1 aromatic carbocycles. The summed E-state index contributed by atoms with van der Waals surface area (Å²) in [4.78, 5) is 15.3. The van der Waals surface area contributed by atoms with Crippen molar-refractivity contribution in [2.75, 3.05) is 31.1 Å². The van der Waals surface area contributed by atoms with Crippen LogP contribution in [-0.4, -0.2) is 37.0 Å². The molecule has 0 N–H and O–H groups in total. The monoisotopic (exact) mass is 286 g/mol. The second-order valence-electron chi connectivity index (χ2n) is 4.77. The van der Waals surface area contributed by atoms with E-state index in [1.807, 2.05) is 11.8 Å². The summed E-state index contributed by atoms with van der Waals surface area (Å²) in [6.07, 6.45) is -3.81. The van der Waals surface area contributed by atoms with Gasteiger partial charge >= 0.3 is 6.18 Å². The zero-order chi connectivity index (χ0) is 14.8. The Morgan fingerprint density at radius 3 is 2.10 bits per heavy atom. The number of benzene rings is 1. The maximum Gasteiger partial charge on any atom is 0.416 e. The van der Waals surface area contributed by atoms with Crippen LogP contribution in [0.5, 0.6) is 0 Å². The van der Waals surface area contributed by atoms with Crippen LogP contribution in [0.2, 0.25) is 0 Å². The molecule has 0 aromatic heterocycles. The third-order valence-corrected chi connectivity index (χ3v) is 3.49. The fourth-order valence-electron chi connectivity index (χ4n) is 2.30. The molecule has 0 unspecified atom stereocenters. The van der Waals surface area contributed by atoms with Gasteiger partial charge in [0.25, 0.3) is 0 Å². The minimum absolute atomic E-state index is 0.122. The van der Waals surface area contributed by atoms with E-state index in [1.165, 1.54) is 12.1 Å². The van der Waals surface area contributed by atoms with Crippen LogP contribution in [0.1, 0.15) is 18.9 Å². The molecule has 0 bridgehead atoms. The Labute approximate surface area is 116 Å². The van der Waals surface area contributed by atoms with Crippen LogP contribution < -0.4 is 4.90 Å². The first-order chi connectivity index (χ1) is 9.41. The van der Waals surface area contributed by atoms with Crippen LogP contribution >= 0.6 is 0 Å². The summed E-state index contributed by atoms with van der Waals surface area (Å²) >= 11 is 0. The molecule has 3 nitrogen and oxygen atoms in total. The first-order valence-corrected chi connectivity index (χ1v) is 6.62. The van der Waals surface area contributed by atoms with Gasteiger partial charge in [-0.25, -0.2) is 0 Å². The third-order valence-electron chi connectivity index (χ3n) is 3.49. The molecule has 1 fully saturated rings. The summed E-state index contributed by atoms with van der Waals surface area (Å²) in [5.41, 5.74) is 0.127. The van der Waals surface area contributed by atoms with Gasteiger partial charge in [0.15, 0.2) is 0 Å². The molecule has 1 saturated heterocycles. The molecule has 1 aromatic rings. The fraction of sp³-hybridized carbons (Fsp3) is 0.500. The molecule has 1 aliphatic rings. The summed E-state index contributed by atoms with van der Waals surface area (Å²) in [5, 5.41) is 0. The number of halogens is 3. The van der Waals surface area contributed by atoms with Crippen LogP contribution in [-0.2, 0) is 11.0 Å². The largest absolute Gasteiger partial charge is 0.416 e. The molecule has 0 radical (unpaired) electrons. The van der Waals surface area contributed by atoms with Gasteiger partial charge in [-0.15, -0.1) is 0 Å². The standard InChI is InChI=1S/C14H17F3N2O/c1-2-13(20)19-9-7-18(8-10-19)12-5-3-11(4-6-12)14(15,16)17/h3-6H,2,7-10H2,1H3. The van der Waals surface area contributed by atoms with Crippen molar-refractivity contribution < 1.29 is 18.0 Å². The van der Waals surface area contributed by atoms with E-state index in [-0.39, 0.29) is 5.91 Å². The van der Waals surface area contributed by atoms with E-state index in [9.17, 15) is 18.0 Å². The predicted octanol–water partition coefficient (Wildman–Crippen LogP) is 2.76. The Bertz CT molecular complexity index is 462. The number of carbonyl (C=O) groups is 1. The van der Waals surface area contributed by atoms with E-state index < -0.39 is 11.7 Å². The lowest BCUT2D eigenvalue weighted by atomic mass is 10.1. The van der Waals surface area contributed by atoms with Gasteiger partial charge < -0.3 is 9.80 Å². The maximum absolute atomic E-state index is 12.5. The minimum Gasteiger partial charge on any atom is -0.368 e. The molecule has 1 amide bonds. The molecule has 110 valence electrons. The molecular weight excluding hydrogens is 269 g/mol. The fourth-order valence-corrected chi connectivity index (χ4v) is 2.30. The summed E-state index contributed by atoms with van der Waals surface area (Å²) in [6, 6.07) is 5.16. The van der Waals surface area contributed by atoms with Crippen molar-refractivity contribution in [3.63, 3.8) is 0 Å². The Balaban J connectivity index is 1.99. The van der Waals surface area contributed by atoms with Gasteiger partial charge in [-0.2, -0.15) is 13.2 Å².